The van der Waals surface area contributed by atoms with Crippen molar-refractivity contribution in [3.63, 3.8) is 0 Å². The Morgan fingerprint density at radius 2 is 1.25 bits per heavy atom. The van der Waals surface area contributed by atoms with E-state index >= 15 is 0 Å². The van der Waals surface area contributed by atoms with Crippen LogP contribution in [0.2, 0.25) is 0 Å². The molecular formula is C29H57N3. The van der Waals surface area contributed by atoms with Gasteiger partial charge in [-0.15, -0.1) is 0 Å². The van der Waals surface area contributed by atoms with Crippen molar-refractivity contribution in [2.75, 3.05) is 39.3 Å². The Bertz CT molecular complexity index is 614. The molecule has 0 aromatic carbocycles. The summed E-state index contributed by atoms with van der Waals surface area (Å²) < 4.78 is 0. The first-order chi connectivity index (χ1) is 14.7. The Morgan fingerprint density at radius 3 is 1.78 bits per heavy atom. The Balaban J connectivity index is 1.56. The van der Waals surface area contributed by atoms with Gasteiger partial charge in [0.15, 0.2) is 0 Å². The molecule has 0 aliphatic carbocycles. The molecule has 3 aliphatic heterocycles. The van der Waals surface area contributed by atoms with Gasteiger partial charge in [-0.05, 0) is 109 Å². The highest BCUT2D eigenvalue weighted by Crippen LogP contribution is 2.45. The van der Waals surface area contributed by atoms with Crippen LogP contribution < -0.4 is 0 Å². The lowest BCUT2D eigenvalue weighted by Gasteiger charge is -2.59. The van der Waals surface area contributed by atoms with Crippen LogP contribution in [0.25, 0.3) is 0 Å². The van der Waals surface area contributed by atoms with Gasteiger partial charge in [-0.25, -0.2) is 0 Å². The maximum atomic E-state index is 2.85. The highest BCUT2D eigenvalue weighted by molar-refractivity contribution is 5.08. The molecule has 3 atom stereocenters. The van der Waals surface area contributed by atoms with E-state index in [4.69, 9.17) is 0 Å². The topological polar surface area (TPSA) is 9.72 Å². The highest BCUT2D eigenvalue weighted by atomic mass is 15.3. The van der Waals surface area contributed by atoms with Crippen LogP contribution in [0, 0.1) is 35.0 Å². The molecule has 32 heavy (non-hydrogen) atoms. The van der Waals surface area contributed by atoms with Crippen molar-refractivity contribution in [2.45, 2.75) is 113 Å². The lowest BCUT2D eigenvalue weighted by molar-refractivity contribution is -0.0905. The van der Waals surface area contributed by atoms with Crippen LogP contribution in [0.4, 0.5) is 0 Å². The highest BCUT2D eigenvalue weighted by Gasteiger charge is 2.51. The van der Waals surface area contributed by atoms with Gasteiger partial charge in [-0.3, -0.25) is 9.80 Å². The summed E-state index contributed by atoms with van der Waals surface area (Å²) in [4.78, 5) is 8.30. The fourth-order valence-electron chi connectivity index (χ4n) is 6.98. The fourth-order valence-corrected chi connectivity index (χ4v) is 6.98. The van der Waals surface area contributed by atoms with Gasteiger partial charge < -0.3 is 4.90 Å². The molecule has 3 unspecified atom stereocenters. The minimum Gasteiger partial charge on any atom is -0.301 e. The first-order valence-corrected chi connectivity index (χ1v) is 13.9. The Morgan fingerprint density at radius 1 is 0.688 bits per heavy atom. The van der Waals surface area contributed by atoms with E-state index in [0.717, 1.165) is 29.6 Å². The Labute approximate surface area is 201 Å². The van der Waals surface area contributed by atoms with Gasteiger partial charge in [0.05, 0.1) is 0 Å². The Hall–Kier alpha value is -0.120. The summed E-state index contributed by atoms with van der Waals surface area (Å²) in [6.07, 6.45) is 4.16. The second-order valence-corrected chi connectivity index (χ2v) is 14.3. The quantitative estimate of drug-likeness (QED) is 0.414. The summed E-state index contributed by atoms with van der Waals surface area (Å²) in [7, 11) is 0. The first kappa shape index (κ1) is 26.5. The van der Waals surface area contributed by atoms with E-state index in [1.54, 1.807) is 0 Å². The zero-order chi connectivity index (χ0) is 24.1. The van der Waals surface area contributed by atoms with Crippen LogP contribution in [0.15, 0.2) is 0 Å². The molecule has 0 radical (unpaired) electrons. The molecule has 3 aliphatic rings. The monoisotopic (exact) mass is 447 g/mol. The summed E-state index contributed by atoms with van der Waals surface area (Å²) in [5, 5.41) is 0. The number of rotatable bonds is 9. The first-order valence-electron chi connectivity index (χ1n) is 13.9. The van der Waals surface area contributed by atoms with Crippen molar-refractivity contribution in [1.82, 2.24) is 14.7 Å². The predicted octanol–water partition coefficient (Wildman–Crippen LogP) is 6.24. The molecule has 0 amide bonds. The molecule has 3 heteroatoms. The van der Waals surface area contributed by atoms with Crippen LogP contribution in [-0.4, -0.2) is 71.1 Å². The van der Waals surface area contributed by atoms with E-state index in [2.05, 4.69) is 90.9 Å². The minimum absolute atomic E-state index is 0.210. The summed E-state index contributed by atoms with van der Waals surface area (Å²) in [5.41, 5.74) is 0.886. The molecule has 188 valence electrons. The van der Waals surface area contributed by atoms with Crippen molar-refractivity contribution in [2.24, 2.45) is 35.0 Å². The van der Waals surface area contributed by atoms with Gasteiger partial charge >= 0.3 is 0 Å². The second kappa shape index (κ2) is 9.50. The predicted molar refractivity (Wildman–Crippen MR) is 140 cm³/mol. The van der Waals surface area contributed by atoms with Gasteiger partial charge in [0, 0.05) is 43.3 Å². The van der Waals surface area contributed by atoms with Crippen molar-refractivity contribution in [3.05, 3.63) is 0 Å². The van der Waals surface area contributed by atoms with Crippen LogP contribution >= 0.6 is 0 Å². The van der Waals surface area contributed by atoms with Crippen LogP contribution in [0.1, 0.15) is 95.4 Å². The summed E-state index contributed by atoms with van der Waals surface area (Å²) in [5.74, 6) is 4.24. The SMILES string of the molecule is CC(C)C1CN(C(C)(C)C(C)(C)N2CCC(C(C)CC(C)(C)C3CCN(C(C)C)C3)C2)C1. The Kier molecular flexibility index (Phi) is 7.86. The largest absolute Gasteiger partial charge is 0.301 e. The van der Waals surface area contributed by atoms with E-state index in [1.807, 2.05) is 0 Å². The summed E-state index contributed by atoms with van der Waals surface area (Å²) in [6.45, 7) is 35.0. The van der Waals surface area contributed by atoms with E-state index in [9.17, 15) is 0 Å². The molecule has 0 saturated carbocycles. The van der Waals surface area contributed by atoms with Crippen molar-refractivity contribution < 1.29 is 0 Å². The van der Waals surface area contributed by atoms with Gasteiger partial charge in [-0.1, -0.05) is 34.6 Å². The normalized spacial score (nSPS) is 28.8. The molecule has 0 bridgehead atoms. The number of nitrogens with zero attached hydrogens (tertiary/aromatic N) is 3. The molecule has 3 saturated heterocycles. The zero-order valence-electron chi connectivity index (χ0n) is 23.7. The molecule has 3 heterocycles. The van der Waals surface area contributed by atoms with Gasteiger partial charge in [0.1, 0.15) is 0 Å². The molecule has 3 nitrogen and oxygen atoms in total. The van der Waals surface area contributed by atoms with E-state index in [-0.39, 0.29) is 11.1 Å². The fraction of sp³-hybridized carbons (Fsp3) is 1.00. The molecule has 0 spiro atoms. The smallest absolute Gasteiger partial charge is 0.0331 e. The van der Waals surface area contributed by atoms with Crippen LogP contribution in [-0.2, 0) is 0 Å². The zero-order valence-corrected chi connectivity index (χ0v) is 23.7. The third kappa shape index (κ3) is 5.10. The van der Waals surface area contributed by atoms with Crippen molar-refractivity contribution in [3.8, 4) is 0 Å². The lowest BCUT2D eigenvalue weighted by Crippen LogP contribution is -2.70. The van der Waals surface area contributed by atoms with Gasteiger partial charge in [-0.2, -0.15) is 0 Å². The summed E-state index contributed by atoms with van der Waals surface area (Å²) in [6, 6.07) is 0.699. The standard InChI is InChI=1S/C29H57N3/c1-21(2)25-18-32(19-25)29(10,11)28(8,9)31-15-12-24(17-31)23(5)16-27(6,7)26-13-14-30(20-26)22(3)4/h21-26H,12-20H2,1-11H3. The number of hydrogen-bond acceptors (Lipinski definition) is 3. The third-order valence-corrected chi connectivity index (χ3v) is 10.9. The summed E-state index contributed by atoms with van der Waals surface area (Å²) >= 11 is 0. The molecular weight excluding hydrogens is 390 g/mol. The average molecular weight is 448 g/mol. The molecule has 0 aromatic rings. The van der Waals surface area contributed by atoms with Gasteiger partial charge in [0.25, 0.3) is 0 Å². The molecule has 0 aromatic heterocycles. The van der Waals surface area contributed by atoms with Crippen molar-refractivity contribution in [1.29, 1.82) is 0 Å². The maximum absolute atomic E-state index is 2.85. The average Bonchev–Trinajstić information content (AvgIpc) is 3.30. The van der Waals surface area contributed by atoms with Gasteiger partial charge in [0.2, 0.25) is 0 Å². The number of hydrogen-bond donors (Lipinski definition) is 0. The molecule has 3 rings (SSSR count). The number of likely N-dealkylation sites (tertiary alicyclic amines) is 3. The second-order valence-electron chi connectivity index (χ2n) is 14.3. The van der Waals surface area contributed by atoms with Crippen LogP contribution in [0.3, 0.4) is 0 Å². The minimum atomic E-state index is 0.210. The van der Waals surface area contributed by atoms with E-state index in [0.29, 0.717) is 11.5 Å². The van der Waals surface area contributed by atoms with Crippen LogP contribution in [0.5, 0.6) is 0 Å². The third-order valence-electron chi connectivity index (χ3n) is 10.9. The maximum Gasteiger partial charge on any atom is 0.0331 e. The molecule has 3 fully saturated rings. The van der Waals surface area contributed by atoms with E-state index < -0.39 is 0 Å². The lowest BCUT2D eigenvalue weighted by atomic mass is 9.70. The van der Waals surface area contributed by atoms with E-state index in [1.165, 1.54) is 58.5 Å². The molecule has 0 N–H and O–H groups in total. The van der Waals surface area contributed by atoms with Crippen molar-refractivity contribution >= 4 is 0 Å².